The first-order chi connectivity index (χ1) is 13.0. The zero-order valence-corrected chi connectivity index (χ0v) is 19.1. The van der Waals surface area contributed by atoms with Crippen molar-refractivity contribution < 1.29 is 14.3 Å². The molecule has 1 fully saturated rings. The molecule has 0 bridgehead atoms. The lowest BCUT2D eigenvalue weighted by Crippen LogP contribution is -2.51. The Labute approximate surface area is 186 Å². The molecule has 2 rings (SSSR count). The Hall–Kier alpha value is -1.38. The normalized spacial score (nSPS) is 15.0. The number of nitrogens with zero attached hydrogens (tertiary/aromatic N) is 1. The van der Waals surface area contributed by atoms with Gasteiger partial charge in [-0.1, -0.05) is 13.8 Å². The maximum Gasteiger partial charge on any atom is 0.256 e. The van der Waals surface area contributed by atoms with Gasteiger partial charge in [-0.3, -0.25) is 9.59 Å². The molecular weight excluding hydrogens is 415 g/mol. The minimum Gasteiger partial charge on any atom is -0.368 e. The molecule has 2 amide bonds. The third kappa shape index (κ3) is 7.75. The smallest absolute Gasteiger partial charge is 0.256 e. The molecule has 166 valence electrons. The van der Waals surface area contributed by atoms with Gasteiger partial charge in [-0.25, -0.2) is 0 Å². The highest BCUT2D eigenvalue weighted by Gasteiger charge is 2.39. The van der Waals surface area contributed by atoms with Crippen LogP contribution in [-0.2, 0) is 9.53 Å². The highest BCUT2D eigenvalue weighted by Crippen LogP contribution is 2.24. The summed E-state index contributed by atoms with van der Waals surface area (Å²) >= 11 is 0. The van der Waals surface area contributed by atoms with Gasteiger partial charge in [-0.05, 0) is 63.3 Å². The first-order valence-electron chi connectivity index (χ1n) is 9.72. The van der Waals surface area contributed by atoms with Gasteiger partial charge in [0.25, 0.3) is 11.8 Å². The number of likely N-dealkylation sites (N-methyl/N-ethyl adjacent to an activating group) is 1. The van der Waals surface area contributed by atoms with Crippen molar-refractivity contribution in [3.05, 3.63) is 29.8 Å². The summed E-state index contributed by atoms with van der Waals surface area (Å²) in [5.74, 6) is -0.241. The second kappa shape index (κ2) is 13.8. The van der Waals surface area contributed by atoms with Crippen molar-refractivity contribution in [3.63, 3.8) is 0 Å². The van der Waals surface area contributed by atoms with E-state index < -0.39 is 5.60 Å². The monoisotopic (exact) mass is 448 g/mol. The van der Waals surface area contributed by atoms with E-state index in [9.17, 15) is 9.59 Å². The largest absolute Gasteiger partial charge is 0.368 e. The Morgan fingerprint density at radius 1 is 1.10 bits per heavy atom. The number of carbonyl (C=O) groups is 2. The van der Waals surface area contributed by atoms with Crippen LogP contribution in [0.25, 0.3) is 0 Å². The van der Waals surface area contributed by atoms with E-state index in [1.54, 1.807) is 31.4 Å². The number of halogens is 2. The fourth-order valence-electron chi connectivity index (χ4n) is 3.27. The van der Waals surface area contributed by atoms with Crippen molar-refractivity contribution in [2.45, 2.75) is 32.3 Å². The van der Waals surface area contributed by atoms with Gasteiger partial charge < -0.3 is 25.6 Å². The molecule has 0 atom stereocenters. The highest BCUT2D eigenvalue weighted by atomic mass is 35.5. The number of hydrogen-bond donors (Lipinski definition) is 3. The van der Waals surface area contributed by atoms with Crippen molar-refractivity contribution in [2.75, 3.05) is 51.7 Å². The van der Waals surface area contributed by atoms with Gasteiger partial charge in [-0.2, -0.15) is 0 Å². The van der Waals surface area contributed by atoms with E-state index >= 15 is 0 Å². The standard InChI is InChI=1S/C20H32N4O3.2ClH/c1-4-24(5-2)15-14-22-18(25)16-6-8-17(9-7-16)23-19(26)20(27-3)10-12-21-13-11-20;;/h6-9,21H,4-5,10-15H2,1-3H3,(H,22,25)(H,23,26);2*1H. The van der Waals surface area contributed by atoms with Crippen LogP contribution in [0.4, 0.5) is 5.69 Å². The van der Waals surface area contributed by atoms with Crippen molar-refractivity contribution in [3.8, 4) is 0 Å². The Bertz CT molecular complexity index is 619. The van der Waals surface area contributed by atoms with E-state index in [0.717, 1.165) is 32.7 Å². The zero-order valence-electron chi connectivity index (χ0n) is 17.5. The maximum absolute atomic E-state index is 12.7. The molecule has 0 unspecified atom stereocenters. The number of nitrogens with one attached hydrogen (secondary N) is 3. The third-order valence-corrected chi connectivity index (χ3v) is 5.23. The summed E-state index contributed by atoms with van der Waals surface area (Å²) in [4.78, 5) is 27.1. The lowest BCUT2D eigenvalue weighted by atomic mass is 9.91. The molecule has 9 heteroatoms. The van der Waals surface area contributed by atoms with E-state index in [4.69, 9.17) is 4.74 Å². The summed E-state index contributed by atoms with van der Waals surface area (Å²) in [6, 6.07) is 6.96. The predicted molar refractivity (Wildman–Crippen MR) is 122 cm³/mol. The SMILES string of the molecule is CCN(CC)CCNC(=O)c1ccc(NC(=O)C2(OC)CCNCC2)cc1.Cl.Cl. The summed E-state index contributed by atoms with van der Waals surface area (Å²) in [5.41, 5.74) is 0.455. The molecule has 1 saturated heterocycles. The van der Waals surface area contributed by atoms with Gasteiger partial charge in [0.1, 0.15) is 5.60 Å². The van der Waals surface area contributed by atoms with Crippen LogP contribution < -0.4 is 16.0 Å². The number of piperidine rings is 1. The summed E-state index contributed by atoms with van der Waals surface area (Å²) in [6.45, 7) is 9.12. The fourth-order valence-corrected chi connectivity index (χ4v) is 3.27. The third-order valence-electron chi connectivity index (χ3n) is 5.23. The molecule has 1 aromatic rings. The average molecular weight is 449 g/mol. The predicted octanol–water partition coefficient (Wildman–Crippen LogP) is 2.31. The van der Waals surface area contributed by atoms with Crippen LogP contribution >= 0.6 is 24.8 Å². The van der Waals surface area contributed by atoms with E-state index in [0.29, 0.717) is 30.6 Å². The van der Waals surface area contributed by atoms with Gasteiger partial charge in [0.05, 0.1) is 0 Å². The van der Waals surface area contributed by atoms with Crippen LogP contribution in [0, 0.1) is 0 Å². The molecule has 0 radical (unpaired) electrons. The molecule has 0 saturated carbocycles. The molecule has 0 aliphatic carbocycles. The molecule has 0 aromatic heterocycles. The lowest BCUT2D eigenvalue weighted by molar-refractivity contribution is -0.140. The van der Waals surface area contributed by atoms with Crippen LogP contribution in [0.5, 0.6) is 0 Å². The van der Waals surface area contributed by atoms with Gasteiger partial charge >= 0.3 is 0 Å². The summed E-state index contributed by atoms with van der Waals surface area (Å²) in [5, 5.41) is 9.08. The highest BCUT2D eigenvalue weighted by molar-refractivity contribution is 5.98. The van der Waals surface area contributed by atoms with Crippen molar-refractivity contribution in [2.24, 2.45) is 0 Å². The average Bonchev–Trinajstić information content (AvgIpc) is 2.72. The number of benzene rings is 1. The number of hydrogen-bond acceptors (Lipinski definition) is 5. The molecule has 1 heterocycles. The lowest BCUT2D eigenvalue weighted by Gasteiger charge is -2.34. The summed E-state index contributed by atoms with van der Waals surface area (Å²) in [7, 11) is 1.58. The van der Waals surface area contributed by atoms with Gasteiger partial charge in [0.15, 0.2) is 0 Å². The molecule has 0 spiro atoms. The molecule has 1 aromatic carbocycles. The quantitative estimate of drug-likeness (QED) is 0.539. The minimum absolute atomic E-state index is 0. The Morgan fingerprint density at radius 2 is 1.69 bits per heavy atom. The molecular formula is C20H34Cl2N4O3. The number of methoxy groups -OCH3 is 1. The molecule has 1 aliphatic heterocycles. The van der Waals surface area contributed by atoms with Gasteiger partial charge in [-0.15, -0.1) is 24.8 Å². The van der Waals surface area contributed by atoms with E-state index in [1.165, 1.54) is 0 Å². The number of amides is 2. The van der Waals surface area contributed by atoms with Crippen LogP contribution in [0.2, 0.25) is 0 Å². The molecule has 29 heavy (non-hydrogen) atoms. The maximum atomic E-state index is 12.7. The van der Waals surface area contributed by atoms with Crippen LogP contribution in [0.15, 0.2) is 24.3 Å². The van der Waals surface area contributed by atoms with Gasteiger partial charge in [0.2, 0.25) is 0 Å². The Morgan fingerprint density at radius 3 is 2.21 bits per heavy atom. The molecule has 1 aliphatic rings. The van der Waals surface area contributed by atoms with Gasteiger partial charge in [0, 0.05) is 31.5 Å². The first kappa shape index (κ1) is 27.6. The minimum atomic E-state index is -0.786. The molecule has 3 N–H and O–H groups in total. The van der Waals surface area contributed by atoms with E-state index in [2.05, 4.69) is 34.7 Å². The van der Waals surface area contributed by atoms with E-state index in [-0.39, 0.29) is 36.6 Å². The van der Waals surface area contributed by atoms with Crippen molar-refractivity contribution in [1.82, 2.24) is 15.5 Å². The topological polar surface area (TPSA) is 82.7 Å². The second-order valence-corrected chi connectivity index (χ2v) is 6.76. The zero-order chi connectivity index (χ0) is 19.7. The molecule has 7 nitrogen and oxygen atoms in total. The van der Waals surface area contributed by atoms with Crippen LogP contribution in [0.3, 0.4) is 0 Å². The van der Waals surface area contributed by atoms with Crippen LogP contribution in [0.1, 0.15) is 37.0 Å². The first-order valence-corrected chi connectivity index (χ1v) is 9.72. The van der Waals surface area contributed by atoms with E-state index in [1.807, 2.05) is 0 Å². The number of carbonyl (C=O) groups excluding carboxylic acids is 2. The van der Waals surface area contributed by atoms with Crippen LogP contribution in [-0.4, -0.2) is 68.7 Å². The Balaban J connectivity index is 0.00000392. The number of rotatable bonds is 9. The second-order valence-electron chi connectivity index (χ2n) is 6.76. The summed E-state index contributed by atoms with van der Waals surface area (Å²) in [6.07, 6.45) is 1.28. The van der Waals surface area contributed by atoms with Crippen molar-refractivity contribution >= 4 is 42.3 Å². The fraction of sp³-hybridized carbons (Fsp3) is 0.600. The Kier molecular flexibility index (Phi) is 13.1. The number of anilines is 1. The number of ether oxygens (including phenoxy) is 1. The van der Waals surface area contributed by atoms with Crippen molar-refractivity contribution in [1.29, 1.82) is 0 Å². The summed E-state index contributed by atoms with van der Waals surface area (Å²) < 4.78 is 5.54.